The lowest BCUT2D eigenvalue weighted by atomic mass is 9.50. The zero-order chi connectivity index (χ0) is 18.3. The van der Waals surface area contributed by atoms with Gasteiger partial charge in [0.05, 0.1) is 25.0 Å². The molecule has 0 amide bonds. The van der Waals surface area contributed by atoms with Gasteiger partial charge >= 0.3 is 5.97 Å². The zero-order valence-corrected chi connectivity index (χ0v) is 16.0. The minimum absolute atomic E-state index is 0.0862. The standard InChI is InChI=1S/C22H28NO3/c1-13-5-7-16-11-18-17-8-6-14(2)21-22(17,19(16)20(13)26-21)9-10-23(18,4)12-25-15(3)24/h5,7,17-18,21H,2,6,8-12H2,1,3-4H3/q+1/t17-,18?,21-,22-,23+/m0/s1. The van der Waals surface area contributed by atoms with Gasteiger partial charge in [0.2, 0.25) is 6.73 Å². The van der Waals surface area contributed by atoms with Crippen molar-refractivity contribution >= 4 is 5.97 Å². The van der Waals surface area contributed by atoms with Gasteiger partial charge in [-0.15, -0.1) is 0 Å². The van der Waals surface area contributed by atoms with Crippen molar-refractivity contribution in [2.75, 3.05) is 20.3 Å². The summed E-state index contributed by atoms with van der Waals surface area (Å²) in [5.41, 5.74) is 5.53. The second-order valence-corrected chi connectivity index (χ2v) is 9.08. The van der Waals surface area contributed by atoms with Crippen LogP contribution in [0, 0.1) is 12.8 Å². The maximum atomic E-state index is 11.5. The van der Waals surface area contributed by atoms with Crippen LogP contribution in [0.1, 0.15) is 42.9 Å². The van der Waals surface area contributed by atoms with E-state index in [2.05, 4.69) is 32.7 Å². The Bertz CT molecular complexity index is 831. The van der Waals surface area contributed by atoms with Crippen LogP contribution < -0.4 is 4.74 Å². The van der Waals surface area contributed by atoms with Gasteiger partial charge in [-0.05, 0) is 36.5 Å². The fourth-order valence-corrected chi connectivity index (χ4v) is 6.48. The summed E-state index contributed by atoms with van der Waals surface area (Å²) < 4.78 is 12.9. The van der Waals surface area contributed by atoms with Crippen molar-refractivity contribution in [1.29, 1.82) is 0 Å². The number of ether oxygens (including phenoxy) is 2. The Balaban J connectivity index is 1.66. The first kappa shape index (κ1) is 16.4. The number of nitrogens with zero attached hydrogens (tertiary/aromatic N) is 1. The summed E-state index contributed by atoms with van der Waals surface area (Å²) in [7, 11) is 2.27. The highest BCUT2D eigenvalue weighted by Gasteiger charge is 2.67. The minimum Gasteiger partial charge on any atom is -0.485 e. The molecule has 1 unspecified atom stereocenters. The van der Waals surface area contributed by atoms with Crippen molar-refractivity contribution in [1.82, 2.24) is 0 Å². The third-order valence-electron chi connectivity index (χ3n) is 7.71. The molecule has 1 saturated carbocycles. The average Bonchev–Trinajstić information content (AvgIpc) is 2.96. The van der Waals surface area contributed by atoms with E-state index in [0.29, 0.717) is 18.7 Å². The van der Waals surface area contributed by atoms with Crippen molar-refractivity contribution in [2.24, 2.45) is 5.92 Å². The first-order valence-electron chi connectivity index (χ1n) is 9.82. The number of hydrogen-bond donors (Lipinski definition) is 0. The van der Waals surface area contributed by atoms with Crippen LogP contribution in [0.5, 0.6) is 5.75 Å². The molecule has 1 spiro atoms. The molecule has 4 aliphatic rings. The summed E-state index contributed by atoms with van der Waals surface area (Å²) in [5, 5.41) is 0. The number of piperidine rings is 1. The second-order valence-electron chi connectivity index (χ2n) is 9.08. The Hall–Kier alpha value is -1.81. The van der Waals surface area contributed by atoms with Gasteiger partial charge in [-0.25, -0.2) is 0 Å². The number of esters is 1. The molecule has 2 fully saturated rings. The lowest BCUT2D eigenvalue weighted by Gasteiger charge is -2.60. The molecular formula is C22H28NO3+. The summed E-state index contributed by atoms with van der Waals surface area (Å²) in [6.45, 7) is 9.57. The lowest BCUT2D eigenvalue weighted by molar-refractivity contribution is -0.959. The number of carbonyl (C=O) groups excluding carboxylic acids is 1. The molecule has 0 aromatic heterocycles. The molecular weight excluding hydrogens is 326 g/mol. The van der Waals surface area contributed by atoms with E-state index < -0.39 is 0 Å². The Morgan fingerprint density at radius 3 is 3.04 bits per heavy atom. The van der Waals surface area contributed by atoms with Crippen LogP contribution in [0.3, 0.4) is 0 Å². The summed E-state index contributed by atoms with van der Waals surface area (Å²) in [5.74, 6) is 1.52. The van der Waals surface area contributed by atoms with Gasteiger partial charge < -0.3 is 9.47 Å². The van der Waals surface area contributed by atoms with Crippen LogP contribution in [0.15, 0.2) is 24.3 Å². The fraction of sp³-hybridized carbons (Fsp3) is 0.591. The molecule has 2 aliphatic heterocycles. The third-order valence-corrected chi connectivity index (χ3v) is 7.71. The van der Waals surface area contributed by atoms with Crippen LogP contribution in [0.25, 0.3) is 0 Å². The van der Waals surface area contributed by atoms with Crippen LogP contribution in [0.4, 0.5) is 0 Å². The van der Waals surface area contributed by atoms with Crippen molar-refractivity contribution in [3.63, 3.8) is 0 Å². The van der Waals surface area contributed by atoms with E-state index in [1.165, 1.54) is 35.6 Å². The Morgan fingerprint density at radius 2 is 2.27 bits per heavy atom. The summed E-state index contributed by atoms with van der Waals surface area (Å²) in [6.07, 6.45) is 4.48. The van der Waals surface area contributed by atoms with Crippen LogP contribution in [0.2, 0.25) is 0 Å². The summed E-state index contributed by atoms with van der Waals surface area (Å²) >= 11 is 0. The molecule has 138 valence electrons. The van der Waals surface area contributed by atoms with Gasteiger partial charge in [0.15, 0.2) is 0 Å². The van der Waals surface area contributed by atoms with Gasteiger partial charge in [-0.3, -0.25) is 9.28 Å². The molecule has 5 atom stereocenters. The molecule has 4 nitrogen and oxygen atoms in total. The number of likely N-dealkylation sites (N-methyl/N-ethyl adjacent to an activating group) is 1. The minimum atomic E-state index is -0.183. The smallest absolute Gasteiger partial charge is 0.306 e. The van der Waals surface area contributed by atoms with Gasteiger partial charge in [0, 0.05) is 31.2 Å². The van der Waals surface area contributed by atoms with Gasteiger partial charge in [-0.1, -0.05) is 18.7 Å². The van der Waals surface area contributed by atoms with Crippen molar-refractivity contribution in [3.8, 4) is 5.75 Å². The Kier molecular flexibility index (Phi) is 3.23. The highest BCUT2D eigenvalue weighted by Crippen LogP contribution is 2.64. The quantitative estimate of drug-likeness (QED) is 0.465. The van der Waals surface area contributed by atoms with E-state index in [1.807, 2.05) is 0 Å². The van der Waals surface area contributed by atoms with Gasteiger partial charge in [-0.2, -0.15) is 0 Å². The molecule has 26 heavy (non-hydrogen) atoms. The SMILES string of the molecule is C=C1CC[C@H]2C3Cc4ccc(C)c5c4[C@@]2(CC[N@+]3(C)COC(C)=O)[C@H]1O5. The average molecular weight is 354 g/mol. The predicted octanol–water partition coefficient (Wildman–Crippen LogP) is 3.26. The normalized spacial score (nSPS) is 39.2. The number of aryl methyl sites for hydroxylation is 1. The Labute approximate surface area is 155 Å². The molecule has 1 aromatic rings. The molecule has 2 bridgehead atoms. The fourth-order valence-electron chi connectivity index (χ4n) is 6.48. The molecule has 4 heteroatoms. The number of quaternary nitrogens is 1. The van der Waals surface area contributed by atoms with Crippen molar-refractivity contribution in [2.45, 2.75) is 57.1 Å². The van der Waals surface area contributed by atoms with E-state index in [0.717, 1.165) is 36.0 Å². The zero-order valence-electron chi connectivity index (χ0n) is 16.0. The molecule has 2 aliphatic carbocycles. The number of carbonyl (C=O) groups is 1. The largest absolute Gasteiger partial charge is 0.485 e. The van der Waals surface area contributed by atoms with Gasteiger partial charge in [0.25, 0.3) is 0 Å². The summed E-state index contributed by atoms with van der Waals surface area (Å²) in [6, 6.07) is 4.99. The number of benzene rings is 1. The molecule has 0 N–H and O–H groups in total. The van der Waals surface area contributed by atoms with Crippen LogP contribution in [-0.4, -0.2) is 42.9 Å². The maximum Gasteiger partial charge on any atom is 0.306 e. The maximum absolute atomic E-state index is 11.5. The number of rotatable bonds is 2. The summed E-state index contributed by atoms with van der Waals surface area (Å²) in [4.78, 5) is 11.5. The first-order valence-corrected chi connectivity index (χ1v) is 9.82. The van der Waals surface area contributed by atoms with Crippen molar-refractivity contribution in [3.05, 3.63) is 41.0 Å². The molecule has 1 saturated heterocycles. The van der Waals surface area contributed by atoms with E-state index in [9.17, 15) is 4.79 Å². The topological polar surface area (TPSA) is 35.5 Å². The number of likely N-dealkylation sites (tertiary alicyclic amines) is 1. The molecule has 1 aromatic carbocycles. The van der Waals surface area contributed by atoms with Crippen LogP contribution >= 0.6 is 0 Å². The Morgan fingerprint density at radius 1 is 1.46 bits per heavy atom. The van der Waals surface area contributed by atoms with E-state index >= 15 is 0 Å². The predicted molar refractivity (Wildman–Crippen MR) is 98.9 cm³/mol. The highest BCUT2D eigenvalue weighted by molar-refractivity contribution is 5.65. The molecule has 0 radical (unpaired) electrons. The number of hydrogen-bond acceptors (Lipinski definition) is 3. The highest BCUT2D eigenvalue weighted by atomic mass is 16.5. The lowest BCUT2D eigenvalue weighted by Crippen LogP contribution is -2.71. The van der Waals surface area contributed by atoms with Gasteiger partial charge in [0.1, 0.15) is 11.9 Å². The molecule has 2 heterocycles. The van der Waals surface area contributed by atoms with E-state index in [1.54, 1.807) is 0 Å². The van der Waals surface area contributed by atoms with Crippen molar-refractivity contribution < 1.29 is 18.8 Å². The third kappa shape index (κ3) is 1.86. The van der Waals surface area contributed by atoms with E-state index in [4.69, 9.17) is 9.47 Å². The second kappa shape index (κ2) is 5.13. The first-order chi connectivity index (χ1) is 12.4. The monoisotopic (exact) mass is 354 g/mol. The molecule has 5 rings (SSSR count). The van der Waals surface area contributed by atoms with Crippen LogP contribution in [-0.2, 0) is 21.4 Å². The van der Waals surface area contributed by atoms with E-state index in [-0.39, 0.29) is 17.5 Å².